The number of carbonyl (C=O) groups excluding carboxylic acids is 3. The molecule has 23 heavy (non-hydrogen) atoms. The zero-order valence-electron chi connectivity index (χ0n) is 12.9. The molecule has 0 spiro atoms. The molecule has 1 fully saturated rings. The number of aryl methyl sites for hydroxylation is 1. The van der Waals surface area contributed by atoms with E-state index in [1.54, 1.807) is 24.8 Å². The zero-order chi connectivity index (χ0) is 17.0. The van der Waals surface area contributed by atoms with E-state index in [1.165, 1.54) is 12.1 Å². The van der Waals surface area contributed by atoms with Gasteiger partial charge in [0.05, 0.1) is 0 Å². The molecule has 0 saturated carbocycles. The molecule has 1 aromatic rings. The second kappa shape index (κ2) is 7.45. The van der Waals surface area contributed by atoms with Gasteiger partial charge in [-0.25, -0.2) is 9.18 Å². The Balaban J connectivity index is 1.95. The van der Waals surface area contributed by atoms with Crippen molar-refractivity contribution in [3.8, 4) is 0 Å². The molecule has 0 unspecified atom stereocenters. The summed E-state index contributed by atoms with van der Waals surface area (Å²) < 4.78 is 13.4. The van der Waals surface area contributed by atoms with Gasteiger partial charge in [0.15, 0.2) is 0 Å². The van der Waals surface area contributed by atoms with Crippen molar-refractivity contribution in [2.45, 2.75) is 19.4 Å². The van der Waals surface area contributed by atoms with E-state index < -0.39 is 36.2 Å². The Hall–Kier alpha value is -2.09. The maximum Gasteiger partial charge on any atom is 0.325 e. The summed E-state index contributed by atoms with van der Waals surface area (Å²) in [6.45, 7) is 1.22. The van der Waals surface area contributed by atoms with Gasteiger partial charge in [-0.3, -0.25) is 14.5 Å². The van der Waals surface area contributed by atoms with E-state index in [9.17, 15) is 18.8 Å². The Labute approximate surface area is 137 Å². The summed E-state index contributed by atoms with van der Waals surface area (Å²) in [5, 5.41) is 5.04. The number of nitrogens with zero attached hydrogens (tertiary/aromatic N) is 1. The highest BCUT2D eigenvalue weighted by Crippen LogP contribution is 2.15. The Morgan fingerprint density at radius 2 is 2.17 bits per heavy atom. The van der Waals surface area contributed by atoms with E-state index in [-0.39, 0.29) is 5.69 Å². The Bertz CT molecular complexity index is 638. The van der Waals surface area contributed by atoms with Crippen LogP contribution in [0.25, 0.3) is 0 Å². The minimum absolute atomic E-state index is 0.282. The van der Waals surface area contributed by atoms with Gasteiger partial charge in [-0.2, -0.15) is 11.8 Å². The smallest absolute Gasteiger partial charge is 0.325 e. The van der Waals surface area contributed by atoms with Gasteiger partial charge in [0.1, 0.15) is 18.4 Å². The lowest BCUT2D eigenvalue weighted by Crippen LogP contribution is -2.38. The molecule has 0 aliphatic carbocycles. The van der Waals surface area contributed by atoms with E-state index in [0.717, 1.165) is 10.7 Å². The quantitative estimate of drug-likeness (QED) is 0.774. The van der Waals surface area contributed by atoms with Gasteiger partial charge in [-0.05, 0) is 43.0 Å². The van der Waals surface area contributed by atoms with Crippen molar-refractivity contribution < 1.29 is 18.8 Å². The zero-order valence-corrected chi connectivity index (χ0v) is 13.7. The molecule has 1 aliphatic rings. The number of nitrogens with one attached hydrogen (secondary N) is 2. The Kier molecular flexibility index (Phi) is 5.59. The Morgan fingerprint density at radius 1 is 1.43 bits per heavy atom. The lowest BCUT2D eigenvalue weighted by Gasteiger charge is -2.13. The molecule has 1 heterocycles. The molecule has 0 aromatic heterocycles. The molecule has 0 bridgehead atoms. The summed E-state index contributed by atoms with van der Waals surface area (Å²) in [7, 11) is 0. The molecule has 2 N–H and O–H groups in total. The number of rotatable bonds is 6. The maximum atomic E-state index is 13.4. The van der Waals surface area contributed by atoms with Crippen LogP contribution in [0.1, 0.15) is 12.0 Å². The van der Waals surface area contributed by atoms with Crippen molar-refractivity contribution in [3.63, 3.8) is 0 Å². The minimum atomic E-state index is -0.584. The molecule has 1 atom stereocenters. The number of halogens is 1. The summed E-state index contributed by atoms with van der Waals surface area (Å²) in [6.07, 6.45) is 2.43. The van der Waals surface area contributed by atoms with Crippen LogP contribution >= 0.6 is 11.8 Å². The van der Waals surface area contributed by atoms with Gasteiger partial charge in [0.2, 0.25) is 5.91 Å². The molecule has 1 aromatic carbocycles. The number of hydrogen-bond acceptors (Lipinski definition) is 4. The fourth-order valence-electron chi connectivity index (χ4n) is 2.17. The van der Waals surface area contributed by atoms with Crippen LogP contribution in [0, 0.1) is 12.7 Å². The average molecular weight is 339 g/mol. The third kappa shape index (κ3) is 4.22. The summed E-state index contributed by atoms with van der Waals surface area (Å²) in [4.78, 5) is 36.7. The van der Waals surface area contributed by atoms with Gasteiger partial charge >= 0.3 is 6.03 Å². The molecule has 124 valence electrons. The largest absolute Gasteiger partial charge is 0.326 e. The normalized spacial score (nSPS) is 17.3. The summed E-state index contributed by atoms with van der Waals surface area (Å²) in [6, 6.07) is 3.13. The van der Waals surface area contributed by atoms with Crippen molar-refractivity contribution in [1.82, 2.24) is 10.2 Å². The van der Waals surface area contributed by atoms with Crippen LogP contribution in [0.5, 0.6) is 0 Å². The summed E-state index contributed by atoms with van der Waals surface area (Å²) in [5.74, 6) is -0.661. The van der Waals surface area contributed by atoms with Gasteiger partial charge in [-0.15, -0.1) is 0 Å². The number of hydrogen-bond donors (Lipinski definition) is 2. The highest BCUT2D eigenvalue weighted by molar-refractivity contribution is 7.98. The van der Waals surface area contributed by atoms with Crippen molar-refractivity contribution in [2.24, 2.45) is 0 Å². The predicted octanol–water partition coefficient (Wildman–Crippen LogP) is 1.75. The maximum absolute atomic E-state index is 13.4. The number of imide groups is 1. The number of carbonyl (C=O) groups is 3. The van der Waals surface area contributed by atoms with E-state index in [2.05, 4.69) is 10.6 Å². The fraction of sp³-hybridized carbons (Fsp3) is 0.400. The second-order valence-electron chi connectivity index (χ2n) is 5.22. The number of amides is 4. The van der Waals surface area contributed by atoms with Gasteiger partial charge in [-0.1, -0.05) is 6.07 Å². The lowest BCUT2D eigenvalue weighted by atomic mass is 10.2. The first kappa shape index (κ1) is 17.3. The van der Waals surface area contributed by atoms with Crippen LogP contribution in [0.2, 0.25) is 0 Å². The molecule has 2 rings (SSSR count). The summed E-state index contributed by atoms with van der Waals surface area (Å²) in [5.41, 5.74) is 0.748. The van der Waals surface area contributed by atoms with E-state index in [4.69, 9.17) is 0 Å². The molecule has 8 heteroatoms. The van der Waals surface area contributed by atoms with Crippen LogP contribution in [0.4, 0.5) is 14.9 Å². The molecule has 1 saturated heterocycles. The standard InChI is InChI=1S/C15H18FN3O3S/c1-9-3-4-10(7-11(9)16)17-13(20)8-19-14(21)12(5-6-23-2)18-15(19)22/h3-4,7,12H,5-6,8H2,1-2H3,(H,17,20)(H,18,22)/t12-/m0/s1. The minimum Gasteiger partial charge on any atom is -0.326 e. The fourth-order valence-corrected chi connectivity index (χ4v) is 2.64. The molecular formula is C15H18FN3O3S. The SMILES string of the molecule is CSCC[C@@H]1NC(=O)N(CC(=O)Nc2ccc(C)c(F)c2)C1=O. The van der Waals surface area contributed by atoms with Gasteiger partial charge < -0.3 is 10.6 Å². The average Bonchev–Trinajstić information content (AvgIpc) is 2.76. The van der Waals surface area contributed by atoms with Gasteiger partial charge in [0.25, 0.3) is 5.91 Å². The predicted molar refractivity (Wildman–Crippen MR) is 86.8 cm³/mol. The van der Waals surface area contributed by atoms with Crippen LogP contribution in [0.15, 0.2) is 18.2 Å². The molecule has 1 aliphatic heterocycles. The molecule has 6 nitrogen and oxygen atoms in total. The van der Waals surface area contributed by atoms with Crippen LogP contribution in [-0.2, 0) is 9.59 Å². The highest BCUT2D eigenvalue weighted by Gasteiger charge is 2.38. The Morgan fingerprint density at radius 3 is 2.83 bits per heavy atom. The van der Waals surface area contributed by atoms with E-state index in [0.29, 0.717) is 12.0 Å². The molecule has 4 amide bonds. The lowest BCUT2D eigenvalue weighted by molar-refractivity contribution is -0.130. The number of benzene rings is 1. The van der Waals surface area contributed by atoms with E-state index >= 15 is 0 Å². The topological polar surface area (TPSA) is 78.5 Å². The first-order valence-corrected chi connectivity index (χ1v) is 8.48. The highest BCUT2D eigenvalue weighted by atomic mass is 32.2. The second-order valence-corrected chi connectivity index (χ2v) is 6.21. The first-order chi connectivity index (χ1) is 10.9. The third-order valence-corrected chi connectivity index (χ3v) is 4.12. The molecule has 0 radical (unpaired) electrons. The number of anilines is 1. The first-order valence-electron chi connectivity index (χ1n) is 7.09. The van der Waals surface area contributed by atoms with Crippen molar-refractivity contribution >= 4 is 35.3 Å². The summed E-state index contributed by atoms with van der Waals surface area (Å²) >= 11 is 1.57. The number of urea groups is 1. The van der Waals surface area contributed by atoms with Gasteiger partial charge in [0, 0.05) is 5.69 Å². The van der Waals surface area contributed by atoms with Crippen molar-refractivity contribution in [1.29, 1.82) is 0 Å². The van der Waals surface area contributed by atoms with Crippen LogP contribution in [-0.4, -0.2) is 47.3 Å². The van der Waals surface area contributed by atoms with Crippen LogP contribution < -0.4 is 10.6 Å². The van der Waals surface area contributed by atoms with Crippen molar-refractivity contribution in [3.05, 3.63) is 29.6 Å². The number of thioether (sulfide) groups is 1. The monoisotopic (exact) mass is 339 g/mol. The van der Waals surface area contributed by atoms with E-state index in [1.807, 2.05) is 6.26 Å². The van der Waals surface area contributed by atoms with Crippen LogP contribution in [0.3, 0.4) is 0 Å². The van der Waals surface area contributed by atoms with Crippen molar-refractivity contribution in [2.75, 3.05) is 23.9 Å². The molecular weight excluding hydrogens is 321 g/mol. The third-order valence-electron chi connectivity index (χ3n) is 3.47.